The molecule has 22 heavy (non-hydrogen) atoms. The minimum Gasteiger partial charge on any atom is -0.396 e. The first-order chi connectivity index (χ1) is 10.6. The molecule has 2 N–H and O–H groups in total. The molecule has 0 bridgehead atoms. The zero-order chi connectivity index (χ0) is 15.9. The molecule has 1 aromatic carbocycles. The third-order valence-electron chi connectivity index (χ3n) is 3.01. The van der Waals surface area contributed by atoms with Gasteiger partial charge in [-0.1, -0.05) is 19.1 Å². The Morgan fingerprint density at radius 2 is 2.32 bits per heavy atom. The summed E-state index contributed by atoms with van der Waals surface area (Å²) in [5.41, 5.74) is 2.72. The van der Waals surface area contributed by atoms with Crippen LogP contribution in [0, 0.1) is 12.8 Å². The first kappa shape index (κ1) is 17.0. The predicted molar refractivity (Wildman–Crippen MR) is 94.5 cm³/mol. The first-order valence-corrected chi connectivity index (χ1v) is 9.13. The van der Waals surface area contributed by atoms with Gasteiger partial charge in [-0.05, 0) is 30.7 Å². The molecule has 2 aromatic rings. The summed E-state index contributed by atoms with van der Waals surface area (Å²) >= 11 is 3.15. The number of carbonyl (C=O) groups excluding carboxylic acids is 1. The van der Waals surface area contributed by atoms with Gasteiger partial charge < -0.3 is 10.4 Å². The van der Waals surface area contributed by atoms with Crippen molar-refractivity contribution in [2.24, 2.45) is 5.92 Å². The lowest BCUT2D eigenvalue weighted by Gasteiger charge is -2.08. The SMILES string of the molecule is Cc1nc(-c2cccc(NC(=O)CSCC(C)CO)c2)cs1. The van der Waals surface area contributed by atoms with Crippen molar-refractivity contribution < 1.29 is 9.90 Å². The van der Waals surface area contributed by atoms with E-state index in [4.69, 9.17) is 5.11 Å². The van der Waals surface area contributed by atoms with Crippen LogP contribution in [0.5, 0.6) is 0 Å². The number of hydrogen-bond donors (Lipinski definition) is 2. The van der Waals surface area contributed by atoms with Crippen LogP contribution in [0.1, 0.15) is 11.9 Å². The topological polar surface area (TPSA) is 62.2 Å². The molecule has 0 aliphatic heterocycles. The molecule has 4 nitrogen and oxygen atoms in total. The number of aliphatic hydroxyl groups is 1. The maximum absolute atomic E-state index is 11.9. The normalized spacial score (nSPS) is 12.1. The van der Waals surface area contributed by atoms with Gasteiger partial charge in [-0.25, -0.2) is 4.98 Å². The van der Waals surface area contributed by atoms with E-state index in [0.717, 1.165) is 27.7 Å². The number of rotatable bonds is 7. The lowest BCUT2D eigenvalue weighted by atomic mass is 10.1. The van der Waals surface area contributed by atoms with E-state index in [1.165, 1.54) is 11.8 Å². The molecule has 0 aliphatic rings. The Bertz CT molecular complexity index is 628. The number of thiazole rings is 1. The van der Waals surface area contributed by atoms with E-state index in [2.05, 4.69) is 10.3 Å². The standard InChI is InChI=1S/C16H20N2O2S2/c1-11(7-19)8-21-10-16(20)18-14-5-3-4-13(6-14)15-9-22-12(2)17-15/h3-6,9,11,19H,7-8,10H2,1-2H3,(H,18,20). The molecular weight excluding hydrogens is 316 g/mol. The lowest BCUT2D eigenvalue weighted by molar-refractivity contribution is -0.113. The number of aromatic nitrogens is 1. The van der Waals surface area contributed by atoms with Crippen LogP contribution in [0.2, 0.25) is 0 Å². The highest BCUT2D eigenvalue weighted by Gasteiger charge is 2.07. The number of carbonyl (C=O) groups is 1. The zero-order valence-electron chi connectivity index (χ0n) is 12.7. The minimum atomic E-state index is -0.0262. The van der Waals surface area contributed by atoms with Crippen molar-refractivity contribution in [3.63, 3.8) is 0 Å². The number of benzene rings is 1. The van der Waals surface area contributed by atoms with E-state index in [0.29, 0.717) is 5.75 Å². The van der Waals surface area contributed by atoms with Gasteiger partial charge in [0.05, 0.1) is 16.5 Å². The maximum Gasteiger partial charge on any atom is 0.234 e. The second-order valence-electron chi connectivity index (χ2n) is 5.18. The van der Waals surface area contributed by atoms with Crippen molar-refractivity contribution in [1.29, 1.82) is 0 Å². The van der Waals surface area contributed by atoms with Gasteiger partial charge in [0.15, 0.2) is 0 Å². The van der Waals surface area contributed by atoms with Crippen molar-refractivity contribution in [2.75, 3.05) is 23.4 Å². The molecule has 0 saturated carbocycles. The zero-order valence-corrected chi connectivity index (χ0v) is 14.3. The highest BCUT2D eigenvalue weighted by molar-refractivity contribution is 7.99. The van der Waals surface area contributed by atoms with Gasteiger partial charge in [0.25, 0.3) is 0 Å². The largest absolute Gasteiger partial charge is 0.396 e. The summed E-state index contributed by atoms with van der Waals surface area (Å²) in [4.78, 5) is 16.4. The van der Waals surface area contributed by atoms with Crippen LogP contribution in [0.4, 0.5) is 5.69 Å². The molecule has 1 atom stereocenters. The monoisotopic (exact) mass is 336 g/mol. The van der Waals surface area contributed by atoms with Crippen LogP contribution >= 0.6 is 23.1 Å². The summed E-state index contributed by atoms with van der Waals surface area (Å²) in [5, 5.41) is 14.9. The highest BCUT2D eigenvalue weighted by atomic mass is 32.2. The smallest absolute Gasteiger partial charge is 0.234 e. The summed E-state index contributed by atoms with van der Waals surface area (Å²) in [6.07, 6.45) is 0. The van der Waals surface area contributed by atoms with Gasteiger partial charge in [0, 0.05) is 23.2 Å². The van der Waals surface area contributed by atoms with Gasteiger partial charge in [-0.15, -0.1) is 11.3 Å². The van der Waals surface area contributed by atoms with E-state index >= 15 is 0 Å². The molecule has 0 fully saturated rings. The molecule has 1 amide bonds. The second kappa shape index (κ2) is 8.31. The van der Waals surface area contributed by atoms with Crippen molar-refractivity contribution in [1.82, 2.24) is 4.98 Å². The van der Waals surface area contributed by atoms with Crippen molar-refractivity contribution >= 4 is 34.7 Å². The van der Waals surface area contributed by atoms with E-state index in [1.54, 1.807) is 11.3 Å². The van der Waals surface area contributed by atoms with Gasteiger partial charge in [-0.3, -0.25) is 4.79 Å². The van der Waals surface area contributed by atoms with Gasteiger partial charge >= 0.3 is 0 Å². The lowest BCUT2D eigenvalue weighted by Crippen LogP contribution is -2.15. The van der Waals surface area contributed by atoms with E-state index < -0.39 is 0 Å². The van der Waals surface area contributed by atoms with Crippen LogP contribution in [0.25, 0.3) is 11.3 Å². The van der Waals surface area contributed by atoms with Crippen LogP contribution in [0.3, 0.4) is 0 Å². The number of anilines is 1. The molecule has 118 valence electrons. The number of hydrogen-bond acceptors (Lipinski definition) is 5. The fourth-order valence-corrected chi connectivity index (χ4v) is 3.36. The summed E-state index contributed by atoms with van der Waals surface area (Å²) < 4.78 is 0. The third-order valence-corrected chi connectivity index (χ3v) is 5.05. The molecule has 0 aliphatic carbocycles. The number of amides is 1. The Morgan fingerprint density at radius 1 is 1.50 bits per heavy atom. The second-order valence-corrected chi connectivity index (χ2v) is 7.28. The van der Waals surface area contributed by atoms with Crippen LogP contribution in [-0.2, 0) is 4.79 Å². The van der Waals surface area contributed by atoms with E-state index in [9.17, 15) is 4.79 Å². The molecule has 1 aromatic heterocycles. The Hall–Kier alpha value is -1.37. The van der Waals surface area contributed by atoms with Crippen LogP contribution < -0.4 is 5.32 Å². The van der Waals surface area contributed by atoms with Crippen molar-refractivity contribution in [2.45, 2.75) is 13.8 Å². The molecule has 0 spiro atoms. The van der Waals surface area contributed by atoms with E-state index in [-0.39, 0.29) is 18.4 Å². The molecular formula is C16H20N2O2S2. The van der Waals surface area contributed by atoms with Crippen LogP contribution in [0.15, 0.2) is 29.6 Å². The van der Waals surface area contributed by atoms with Gasteiger partial charge in [0.1, 0.15) is 0 Å². The molecule has 1 heterocycles. The van der Waals surface area contributed by atoms with Gasteiger partial charge in [-0.2, -0.15) is 11.8 Å². The Morgan fingerprint density at radius 3 is 3.00 bits per heavy atom. The van der Waals surface area contributed by atoms with E-state index in [1.807, 2.05) is 43.5 Å². The minimum absolute atomic E-state index is 0.0262. The third kappa shape index (κ3) is 5.12. The average Bonchev–Trinajstić information content (AvgIpc) is 2.94. The van der Waals surface area contributed by atoms with Gasteiger partial charge in [0.2, 0.25) is 5.91 Å². The number of aliphatic hydroxyl groups excluding tert-OH is 1. The summed E-state index contributed by atoms with van der Waals surface area (Å²) in [5.74, 6) is 1.36. The Balaban J connectivity index is 1.91. The maximum atomic E-state index is 11.9. The predicted octanol–water partition coefficient (Wildman–Crippen LogP) is 3.42. The molecule has 1 unspecified atom stereocenters. The molecule has 2 rings (SSSR count). The first-order valence-electron chi connectivity index (χ1n) is 7.09. The average molecular weight is 336 g/mol. The molecule has 0 saturated heterocycles. The number of nitrogens with one attached hydrogen (secondary N) is 1. The van der Waals surface area contributed by atoms with Crippen molar-refractivity contribution in [3.8, 4) is 11.3 Å². The summed E-state index contributed by atoms with van der Waals surface area (Å²) in [6.45, 7) is 4.10. The Kier molecular flexibility index (Phi) is 6.42. The van der Waals surface area contributed by atoms with Crippen molar-refractivity contribution in [3.05, 3.63) is 34.7 Å². The molecule has 6 heteroatoms. The summed E-state index contributed by atoms with van der Waals surface area (Å²) in [7, 11) is 0. The fourth-order valence-electron chi connectivity index (χ4n) is 1.85. The fraction of sp³-hybridized carbons (Fsp3) is 0.375. The molecule has 0 radical (unpaired) electrons. The number of nitrogens with zero attached hydrogens (tertiary/aromatic N) is 1. The Labute approximate surface area is 139 Å². The number of aryl methyl sites for hydroxylation is 1. The number of thioether (sulfide) groups is 1. The van der Waals surface area contributed by atoms with Crippen LogP contribution in [-0.4, -0.2) is 34.1 Å². The quantitative estimate of drug-likeness (QED) is 0.813. The summed E-state index contributed by atoms with van der Waals surface area (Å²) in [6, 6.07) is 7.72. The highest BCUT2D eigenvalue weighted by Crippen LogP contribution is 2.24.